The molecule has 0 aromatic carbocycles. The summed E-state index contributed by atoms with van der Waals surface area (Å²) in [6.45, 7) is 11.0. The van der Waals surface area contributed by atoms with Crippen molar-refractivity contribution in [1.82, 2.24) is 14.1 Å². The number of hydrogen-bond donors (Lipinski definition) is 0. The Morgan fingerprint density at radius 3 is 2.81 bits per heavy atom. The third-order valence-corrected chi connectivity index (χ3v) is 6.17. The highest BCUT2D eigenvalue weighted by molar-refractivity contribution is 7.99. The average molecular weight is 388 g/mol. The zero-order chi connectivity index (χ0) is 18.8. The van der Waals surface area contributed by atoms with Gasteiger partial charge in [-0.1, -0.05) is 17.8 Å². The van der Waals surface area contributed by atoms with E-state index in [4.69, 9.17) is 0 Å². The molecule has 0 aliphatic rings. The number of thiophene rings is 1. The van der Waals surface area contributed by atoms with Crippen molar-refractivity contribution in [2.75, 3.05) is 5.75 Å². The van der Waals surface area contributed by atoms with E-state index >= 15 is 0 Å². The van der Waals surface area contributed by atoms with E-state index in [-0.39, 0.29) is 17.1 Å². The van der Waals surface area contributed by atoms with Crippen LogP contribution in [0.2, 0.25) is 0 Å². The van der Waals surface area contributed by atoms with Gasteiger partial charge in [0.05, 0.1) is 11.1 Å². The highest BCUT2D eigenvalue weighted by atomic mass is 32.2. The summed E-state index contributed by atoms with van der Waals surface area (Å²) in [6, 6.07) is 3.72. The highest BCUT2D eigenvalue weighted by Gasteiger charge is 2.17. The van der Waals surface area contributed by atoms with Crippen LogP contribution in [0.5, 0.6) is 0 Å². The van der Waals surface area contributed by atoms with Crippen molar-refractivity contribution < 1.29 is 4.79 Å². The van der Waals surface area contributed by atoms with E-state index in [1.165, 1.54) is 23.1 Å². The van der Waals surface area contributed by atoms with Crippen LogP contribution in [0.1, 0.15) is 28.7 Å². The number of thioether (sulfide) groups is 1. The van der Waals surface area contributed by atoms with Crippen molar-refractivity contribution in [2.24, 2.45) is 0 Å². The first-order chi connectivity index (χ1) is 12.5. The number of allylic oxidation sites excluding steroid dienone is 1. The maximum atomic E-state index is 12.7. The molecule has 7 heteroatoms. The predicted molar refractivity (Wildman–Crippen MR) is 109 cm³/mol. The minimum absolute atomic E-state index is 0.0495. The Bertz CT molecular complexity index is 1040. The third-order valence-electron chi connectivity index (χ3n) is 4.38. The molecule has 5 nitrogen and oxygen atoms in total. The number of carbonyl (C=O) groups is 1. The number of aromatic nitrogens is 3. The molecule has 26 heavy (non-hydrogen) atoms. The van der Waals surface area contributed by atoms with E-state index in [2.05, 4.69) is 23.1 Å². The fraction of sp³-hybridized carbons (Fsp3) is 0.316. The van der Waals surface area contributed by atoms with Crippen LogP contribution in [0.15, 0.2) is 40.1 Å². The molecular weight excluding hydrogens is 366 g/mol. The first-order valence-corrected chi connectivity index (χ1v) is 10.3. The SMILES string of the molecule is C=CCn1c(SCC(=O)c2cc(C)n(CC)c2C)nc2sccc2c1=O. The Morgan fingerprint density at radius 2 is 2.15 bits per heavy atom. The maximum absolute atomic E-state index is 12.7. The van der Waals surface area contributed by atoms with Gasteiger partial charge in [-0.05, 0) is 38.3 Å². The van der Waals surface area contributed by atoms with Gasteiger partial charge in [-0.3, -0.25) is 14.2 Å². The first-order valence-electron chi connectivity index (χ1n) is 8.39. The Morgan fingerprint density at radius 1 is 1.38 bits per heavy atom. The quantitative estimate of drug-likeness (QED) is 0.266. The van der Waals surface area contributed by atoms with E-state index < -0.39 is 0 Å². The molecule has 3 heterocycles. The smallest absolute Gasteiger partial charge is 0.263 e. The molecule has 0 radical (unpaired) electrons. The molecule has 0 saturated carbocycles. The van der Waals surface area contributed by atoms with Gasteiger partial charge >= 0.3 is 0 Å². The Kier molecular flexibility index (Phi) is 5.48. The number of fused-ring (bicyclic) bond motifs is 1. The van der Waals surface area contributed by atoms with Crippen LogP contribution >= 0.6 is 23.1 Å². The lowest BCUT2D eigenvalue weighted by Gasteiger charge is -2.10. The Labute approximate surface area is 160 Å². The molecule has 3 rings (SSSR count). The molecule has 0 fully saturated rings. The monoisotopic (exact) mass is 387 g/mol. The van der Waals surface area contributed by atoms with Crippen LogP contribution in [-0.2, 0) is 13.1 Å². The van der Waals surface area contributed by atoms with Crippen molar-refractivity contribution in [2.45, 2.75) is 39.0 Å². The standard InChI is InChI=1S/C19H21N3O2S2/c1-5-8-22-18(24)14-7-9-25-17(14)20-19(22)26-11-16(23)15-10-12(3)21(6-2)13(15)4/h5,7,9-10H,1,6,8,11H2,2-4H3. The van der Waals surface area contributed by atoms with Crippen LogP contribution in [-0.4, -0.2) is 25.7 Å². The molecular formula is C19H21N3O2S2. The van der Waals surface area contributed by atoms with E-state index in [9.17, 15) is 9.59 Å². The van der Waals surface area contributed by atoms with Crippen LogP contribution < -0.4 is 5.56 Å². The average Bonchev–Trinajstić information content (AvgIpc) is 3.20. The molecule has 0 saturated heterocycles. The summed E-state index contributed by atoms with van der Waals surface area (Å²) in [5, 5.41) is 3.03. The summed E-state index contributed by atoms with van der Waals surface area (Å²) in [5.41, 5.74) is 2.72. The zero-order valence-corrected chi connectivity index (χ0v) is 16.7. The van der Waals surface area contributed by atoms with Crippen molar-refractivity contribution in [3.05, 3.63) is 57.5 Å². The number of Topliss-reactive ketones (excluding diaryl/α,β-unsaturated/α-hetero) is 1. The van der Waals surface area contributed by atoms with Gasteiger partial charge in [-0.25, -0.2) is 4.98 Å². The van der Waals surface area contributed by atoms with Gasteiger partial charge in [0.15, 0.2) is 10.9 Å². The lowest BCUT2D eigenvalue weighted by Crippen LogP contribution is -2.22. The summed E-state index contributed by atoms with van der Waals surface area (Å²) in [7, 11) is 0. The topological polar surface area (TPSA) is 56.9 Å². The number of carbonyl (C=O) groups excluding carboxylic acids is 1. The van der Waals surface area contributed by atoms with Gasteiger partial charge in [-0.15, -0.1) is 17.9 Å². The van der Waals surface area contributed by atoms with Gasteiger partial charge in [0, 0.05) is 30.0 Å². The number of ketones is 1. The second-order valence-corrected chi connectivity index (χ2v) is 7.82. The van der Waals surface area contributed by atoms with Gasteiger partial charge < -0.3 is 4.57 Å². The first kappa shape index (κ1) is 18.7. The third kappa shape index (κ3) is 3.29. The van der Waals surface area contributed by atoms with Crippen molar-refractivity contribution in [1.29, 1.82) is 0 Å². The van der Waals surface area contributed by atoms with Crippen molar-refractivity contribution >= 4 is 39.1 Å². The molecule has 0 amide bonds. The van der Waals surface area contributed by atoms with Crippen LogP contribution in [0.25, 0.3) is 10.2 Å². The molecule has 0 atom stereocenters. The largest absolute Gasteiger partial charge is 0.349 e. The zero-order valence-electron chi connectivity index (χ0n) is 15.1. The van der Waals surface area contributed by atoms with Gasteiger partial charge in [0.2, 0.25) is 0 Å². The fourth-order valence-electron chi connectivity index (χ4n) is 3.11. The lowest BCUT2D eigenvalue weighted by atomic mass is 10.2. The second kappa shape index (κ2) is 7.63. The highest BCUT2D eigenvalue weighted by Crippen LogP contribution is 2.23. The van der Waals surface area contributed by atoms with Gasteiger partial charge in [0.1, 0.15) is 4.83 Å². The van der Waals surface area contributed by atoms with Crippen molar-refractivity contribution in [3.8, 4) is 0 Å². The normalized spacial score (nSPS) is 11.2. The minimum Gasteiger partial charge on any atom is -0.349 e. The van der Waals surface area contributed by atoms with Crippen LogP contribution in [0, 0.1) is 13.8 Å². The van der Waals surface area contributed by atoms with Gasteiger partial charge in [0.25, 0.3) is 5.56 Å². The fourth-order valence-corrected chi connectivity index (χ4v) is 4.81. The summed E-state index contributed by atoms with van der Waals surface area (Å²) in [5.74, 6) is 0.294. The summed E-state index contributed by atoms with van der Waals surface area (Å²) in [4.78, 5) is 30.6. The summed E-state index contributed by atoms with van der Waals surface area (Å²) >= 11 is 2.74. The minimum atomic E-state index is -0.0877. The van der Waals surface area contributed by atoms with Crippen LogP contribution in [0.3, 0.4) is 0 Å². The van der Waals surface area contributed by atoms with E-state index in [1.54, 1.807) is 16.7 Å². The Balaban J connectivity index is 1.89. The summed E-state index contributed by atoms with van der Waals surface area (Å²) in [6.07, 6.45) is 1.67. The molecule has 136 valence electrons. The predicted octanol–water partition coefficient (Wildman–Crippen LogP) is 4.06. The van der Waals surface area contributed by atoms with E-state index in [0.29, 0.717) is 21.9 Å². The van der Waals surface area contributed by atoms with E-state index in [1.807, 2.05) is 25.3 Å². The lowest BCUT2D eigenvalue weighted by molar-refractivity contribution is 0.102. The second-order valence-electron chi connectivity index (χ2n) is 5.98. The maximum Gasteiger partial charge on any atom is 0.263 e. The molecule has 0 spiro atoms. The number of aryl methyl sites for hydroxylation is 1. The number of rotatable bonds is 7. The molecule has 3 aromatic heterocycles. The van der Waals surface area contributed by atoms with Gasteiger partial charge in [-0.2, -0.15) is 0 Å². The van der Waals surface area contributed by atoms with Crippen molar-refractivity contribution in [3.63, 3.8) is 0 Å². The Hall–Kier alpha value is -2.12. The molecule has 3 aromatic rings. The van der Waals surface area contributed by atoms with Crippen LogP contribution in [0.4, 0.5) is 0 Å². The molecule has 0 unspecified atom stereocenters. The van der Waals surface area contributed by atoms with E-state index in [0.717, 1.165) is 23.5 Å². The number of nitrogens with zero attached hydrogens (tertiary/aromatic N) is 3. The summed E-state index contributed by atoms with van der Waals surface area (Å²) < 4.78 is 3.71. The molecule has 0 bridgehead atoms. The molecule has 0 aliphatic carbocycles. The number of hydrogen-bond acceptors (Lipinski definition) is 5. The molecule has 0 N–H and O–H groups in total. The molecule has 0 aliphatic heterocycles.